The molecule has 0 aliphatic carbocycles. The molecule has 18 heavy (non-hydrogen) atoms. The highest BCUT2D eigenvalue weighted by atomic mass is 32.2. The van der Waals surface area contributed by atoms with Gasteiger partial charge in [0.05, 0.1) is 5.69 Å². The summed E-state index contributed by atoms with van der Waals surface area (Å²) in [5.41, 5.74) is 1.05. The van der Waals surface area contributed by atoms with Crippen LogP contribution in [0.4, 0.5) is 5.95 Å². The van der Waals surface area contributed by atoms with Crippen molar-refractivity contribution in [1.29, 1.82) is 0 Å². The van der Waals surface area contributed by atoms with Crippen molar-refractivity contribution in [3.05, 3.63) is 11.9 Å². The second kappa shape index (κ2) is 7.04. The smallest absolute Gasteiger partial charge is 0.203 e. The lowest BCUT2D eigenvalue weighted by Gasteiger charge is -2.22. The van der Waals surface area contributed by atoms with Gasteiger partial charge in [-0.15, -0.1) is 0 Å². The van der Waals surface area contributed by atoms with Gasteiger partial charge in [0, 0.05) is 37.8 Å². The predicted octanol–water partition coefficient (Wildman–Crippen LogP) is 2.78. The number of imidazole rings is 1. The molecule has 1 N–H and O–H groups in total. The van der Waals surface area contributed by atoms with Crippen molar-refractivity contribution in [2.45, 2.75) is 38.5 Å². The molecule has 104 valence electrons. The van der Waals surface area contributed by atoms with Gasteiger partial charge in [0.25, 0.3) is 0 Å². The van der Waals surface area contributed by atoms with Crippen molar-refractivity contribution < 1.29 is 4.74 Å². The summed E-state index contributed by atoms with van der Waals surface area (Å²) in [6.07, 6.45) is 5.23. The number of ether oxygens (including phenoxy) is 1. The Morgan fingerprint density at radius 2 is 2.22 bits per heavy atom. The average Bonchev–Trinajstić information content (AvgIpc) is 2.68. The van der Waals surface area contributed by atoms with E-state index in [9.17, 15) is 0 Å². The molecule has 0 spiro atoms. The Labute approximate surface area is 115 Å². The van der Waals surface area contributed by atoms with Crippen molar-refractivity contribution in [1.82, 2.24) is 9.55 Å². The Hall–Kier alpha value is -0.680. The van der Waals surface area contributed by atoms with Crippen LogP contribution in [0.1, 0.15) is 26.0 Å². The zero-order chi connectivity index (χ0) is 13.6. The van der Waals surface area contributed by atoms with Gasteiger partial charge in [0.1, 0.15) is 0 Å². The van der Waals surface area contributed by atoms with Crippen molar-refractivity contribution in [2.75, 3.05) is 31.8 Å². The number of rotatable bonds is 8. The lowest BCUT2D eigenvalue weighted by Crippen LogP contribution is -2.27. The Kier molecular flexibility index (Phi) is 6.02. The molecule has 0 saturated carbocycles. The van der Waals surface area contributed by atoms with Crippen LogP contribution in [-0.4, -0.2) is 40.8 Å². The molecule has 0 fully saturated rings. The summed E-state index contributed by atoms with van der Waals surface area (Å²) in [5, 5.41) is 3.44. The number of aromatic nitrogens is 2. The number of nitrogens with one attached hydrogen (secondary N) is 1. The summed E-state index contributed by atoms with van der Waals surface area (Å²) in [6, 6.07) is 0. The van der Waals surface area contributed by atoms with Crippen LogP contribution in [-0.2, 0) is 11.3 Å². The first-order chi connectivity index (χ1) is 8.48. The summed E-state index contributed by atoms with van der Waals surface area (Å²) < 4.78 is 7.48. The number of aryl methyl sites for hydroxylation is 2. The first-order valence-electron chi connectivity index (χ1n) is 6.30. The van der Waals surface area contributed by atoms with E-state index in [4.69, 9.17) is 4.74 Å². The van der Waals surface area contributed by atoms with E-state index in [0.717, 1.165) is 37.8 Å². The van der Waals surface area contributed by atoms with Crippen molar-refractivity contribution >= 4 is 17.7 Å². The maximum absolute atomic E-state index is 5.08. The molecule has 0 amide bonds. The molecule has 0 aromatic carbocycles. The van der Waals surface area contributed by atoms with Gasteiger partial charge in [-0.05, 0) is 33.4 Å². The molecule has 5 heteroatoms. The Morgan fingerprint density at radius 1 is 1.50 bits per heavy atom. The van der Waals surface area contributed by atoms with Gasteiger partial charge < -0.3 is 14.6 Å². The minimum atomic E-state index is 0.219. The van der Waals surface area contributed by atoms with E-state index in [2.05, 4.69) is 41.2 Å². The fourth-order valence-electron chi connectivity index (χ4n) is 1.60. The molecule has 0 aliphatic rings. The first kappa shape index (κ1) is 15.4. The molecule has 0 unspecified atom stereocenters. The first-order valence-corrected chi connectivity index (χ1v) is 7.53. The van der Waals surface area contributed by atoms with Crippen LogP contribution in [0, 0.1) is 6.92 Å². The van der Waals surface area contributed by atoms with E-state index in [-0.39, 0.29) is 4.75 Å². The van der Waals surface area contributed by atoms with E-state index in [1.54, 1.807) is 7.11 Å². The second-order valence-corrected chi connectivity index (χ2v) is 6.58. The molecule has 1 heterocycles. The Bertz CT molecular complexity index is 363. The minimum absolute atomic E-state index is 0.219. The highest BCUT2D eigenvalue weighted by Crippen LogP contribution is 2.21. The number of methoxy groups -OCH3 is 1. The third-order valence-corrected chi connectivity index (χ3v) is 4.12. The monoisotopic (exact) mass is 271 g/mol. The van der Waals surface area contributed by atoms with E-state index < -0.39 is 0 Å². The van der Waals surface area contributed by atoms with Gasteiger partial charge in [-0.1, -0.05) is 0 Å². The normalized spacial score (nSPS) is 11.8. The number of hydrogen-bond acceptors (Lipinski definition) is 4. The van der Waals surface area contributed by atoms with Crippen LogP contribution in [0.25, 0.3) is 0 Å². The maximum Gasteiger partial charge on any atom is 0.203 e. The summed E-state index contributed by atoms with van der Waals surface area (Å²) in [7, 11) is 1.74. The van der Waals surface area contributed by atoms with Gasteiger partial charge >= 0.3 is 0 Å². The van der Waals surface area contributed by atoms with Crippen LogP contribution < -0.4 is 5.32 Å². The lowest BCUT2D eigenvalue weighted by atomic mass is 10.2. The standard InChI is InChI=1S/C13H25N3OS/c1-11-9-16(7-6-8-17-4)12(15-11)14-10-13(2,3)18-5/h9H,6-8,10H2,1-5H3,(H,14,15). The summed E-state index contributed by atoms with van der Waals surface area (Å²) in [5.74, 6) is 0.964. The lowest BCUT2D eigenvalue weighted by molar-refractivity contribution is 0.190. The van der Waals surface area contributed by atoms with Gasteiger partial charge in [0.15, 0.2) is 0 Å². The Morgan fingerprint density at radius 3 is 2.83 bits per heavy atom. The molecule has 0 aliphatic heterocycles. The topological polar surface area (TPSA) is 39.1 Å². The van der Waals surface area contributed by atoms with E-state index >= 15 is 0 Å². The highest BCUT2D eigenvalue weighted by Gasteiger charge is 2.16. The number of anilines is 1. The average molecular weight is 271 g/mol. The summed E-state index contributed by atoms with van der Waals surface area (Å²) >= 11 is 1.86. The predicted molar refractivity (Wildman–Crippen MR) is 79.5 cm³/mol. The maximum atomic E-state index is 5.08. The van der Waals surface area contributed by atoms with Crippen LogP contribution in [0.3, 0.4) is 0 Å². The molecule has 1 aromatic heterocycles. The molecular weight excluding hydrogens is 246 g/mol. The molecular formula is C13H25N3OS. The summed E-state index contributed by atoms with van der Waals surface area (Å²) in [6.45, 7) is 9.13. The van der Waals surface area contributed by atoms with Crippen molar-refractivity contribution in [3.8, 4) is 0 Å². The van der Waals surface area contributed by atoms with E-state index in [1.807, 2.05) is 18.7 Å². The molecule has 0 atom stereocenters. The van der Waals surface area contributed by atoms with Crippen LogP contribution >= 0.6 is 11.8 Å². The van der Waals surface area contributed by atoms with Crippen LogP contribution in [0.5, 0.6) is 0 Å². The van der Waals surface area contributed by atoms with Crippen LogP contribution in [0.2, 0.25) is 0 Å². The molecule has 1 rings (SSSR count). The SMILES string of the molecule is COCCCn1cc(C)nc1NCC(C)(C)SC. The molecule has 0 saturated heterocycles. The molecule has 0 radical (unpaired) electrons. The Balaban J connectivity index is 2.58. The van der Waals surface area contributed by atoms with Gasteiger partial charge in [-0.3, -0.25) is 0 Å². The van der Waals surface area contributed by atoms with Gasteiger partial charge in [-0.2, -0.15) is 11.8 Å². The number of nitrogens with zero attached hydrogens (tertiary/aromatic N) is 2. The largest absolute Gasteiger partial charge is 0.385 e. The fraction of sp³-hybridized carbons (Fsp3) is 0.769. The zero-order valence-electron chi connectivity index (χ0n) is 12.1. The third kappa shape index (κ3) is 4.90. The van der Waals surface area contributed by atoms with Crippen molar-refractivity contribution in [2.24, 2.45) is 0 Å². The van der Waals surface area contributed by atoms with Gasteiger partial charge in [0.2, 0.25) is 5.95 Å². The van der Waals surface area contributed by atoms with E-state index in [0.29, 0.717) is 0 Å². The van der Waals surface area contributed by atoms with E-state index in [1.165, 1.54) is 0 Å². The quantitative estimate of drug-likeness (QED) is 0.738. The number of thioether (sulfide) groups is 1. The third-order valence-electron chi connectivity index (χ3n) is 2.87. The van der Waals surface area contributed by atoms with Crippen LogP contribution in [0.15, 0.2) is 6.20 Å². The minimum Gasteiger partial charge on any atom is -0.385 e. The summed E-state index contributed by atoms with van der Waals surface area (Å²) in [4.78, 5) is 4.53. The molecule has 4 nitrogen and oxygen atoms in total. The van der Waals surface area contributed by atoms with Gasteiger partial charge in [-0.25, -0.2) is 4.98 Å². The van der Waals surface area contributed by atoms with Crippen molar-refractivity contribution in [3.63, 3.8) is 0 Å². The fourth-order valence-corrected chi connectivity index (χ4v) is 1.82. The second-order valence-electron chi connectivity index (χ2n) is 5.06. The molecule has 0 bridgehead atoms. The molecule has 1 aromatic rings. The number of hydrogen-bond donors (Lipinski definition) is 1. The zero-order valence-corrected chi connectivity index (χ0v) is 12.9. The highest BCUT2D eigenvalue weighted by molar-refractivity contribution is 7.99.